The highest BCUT2D eigenvalue weighted by atomic mass is 79.9. The summed E-state index contributed by atoms with van der Waals surface area (Å²) in [6.07, 6.45) is 7.01. The van der Waals surface area contributed by atoms with Crippen LogP contribution in [0.5, 0.6) is 5.88 Å². The molecular formula is C25H26BrN5O4. The zero-order chi connectivity index (χ0) is 24.9. The van der Waals surface area contributed by atoms with E-state index in [1.165, 1.54) is 16.8 Å². The highest BCUT2D eigenvalue weighted by Crippen LogP contribution is 2.31. The summed E-state index contributed by atoms with van der Waals surface area (Å²) in [7, 11) is 0. The van der Waals surface area contributed by atoms with Crippen molar-refractivity contribution in [2.45, 2.75) is 45.7 Å². The van der Waals surface area contributed by atoms with Gasteiger partial charge in [-0.2, -0.15) is 9.61 Å². The number of hydrogen-bond donors (Lipinski definition) is 2. The van der Waals surface area contributed by atoms with Gasteiger partial charge in [-0.1, -0.05) is 29.8 Å². The Balaban J connectivity index is 1.53. The van der Waals surface area contributed by atoms with Gasteiger partial charge in [0, 0.05) is 40.9 Å². The molecule has 0 atom stereocenters. The SMILES string of the molecule is CC(C)Cn1c(O)c(C(=O)NC2CC2)c(=O)n2ncc(C=CC(=O)N3CCc4cc(Br)ccc43)c12. The summed E-state index contributed by atoms with van der Waals surface area (Å²) in [4.78, 5) is 40.5. The average molecular weight is 540 g/mol. The van der Waals surface area contributed by atoms with Gasteiger partial charge in [0.05, 0.1) is 6.20 Å². The van der Waals surface area contributed by atoms with Crippen LogP contribution in [0, 0.1) is 5.92 Å². The zero-order valence-corrected chi connectivity index (χ0v) is 21.1. The second kappa shape index (κ2) is 8.99. The van der Waals surface area contributed by atoms with E-state index in [2.05, 4.69) is 26.3 Å². The largest absolute Gasteiger partial charge is 0.494 e. The second-order valence-corrected chi connectivity index (χ2v) is 10.4. The molecule has 0 unspecified atom stereocenters. The molecule has 35 heavy (non-hydrogen) atoms. The van der Waals surface area contributed by atoms with Gasteiger partial charge in [0.1, 0.15) is 5.65 Å². The lowest BCUT2D eigenvalue weighted by Gasteiger charge is -2.17. The van der Waals surface area contributed by atoms with E-state index in [0.29, 0.717) is 24.3 Å². The first kappa shape index (κ1) is 23.3. The van der Waals surface area contributed by atoms with Gasteiger partial charge in [0.25, 0.3) is 17.4 Å². The summed E-state index contributed by atoms with van der Waals surface area (Å²) in [5.74, 6) is -1.07. The molecule has 2 N–H and O–H groups in total. The Labute approximate surface area is 210 Å². The fraction of sp³-hybridized carbons (Fsp3) is 0.360. The van der Waals surface area contributed by atoms with Crippen molar-refractivity contribution in [2.24, 2.45) is 5.92 Å². The summed E-state index contributed by atoms with van der Waals surface area (Å²) in [6.45, 7) is 4.88. The first-order chi connectivity index (χ1) is 16.7. The molecule has 3 aromatic rings. The van der Waals surface area contributed by atoms with Crippen molar-refractivity contribution in [2.75, 3.05) is 11.4 Å². The third-order valence-electron chi connectivity index (χ3n) is 6.21. The summed E-state index contributed by atoms with van der Waals surface area (Å²) < 4.78 is 3.62. The number of fused-ring (bicyclic) bond motifs is 2. The zero-order valence-electron chi connectivity index (χ0n) is 19.5. The van der Waals surface area contributed by atoms with Crippen LogP contribution < -0.4 is 15.8 Å². The Morgan fingerprint density at radius 1 is 1.31 bits per heavy atom. The number of carbonyl (C=O) groups is 2. The van der Waals surface area contributed by atoms with Crippen molar-refractivity contribution in [3.63, 3.8) is 0 Å². The Hall–Kier alpha value is -3.40. The van der Waals surface area contributed by atoms with E-state index in [0.717, 1.165) is 39.5 Å². The molecule has 1 aromatic carbocycles. The third kappa shape index (κ3) is 4.38. The van der Waals surface area contributed by atoms with Crippen molar-refractivity contribution in [3.05, 3.63) is 62.0 Å². The summed E-state index contributed by atoms with van der Waals surface area (Å²) in [6, 6.07) is 5.88. The van der Waals surface area contributed by atoms with Crippen LogP contribution in [0.3, 0.4) is 0 Å². The maximum absolute atomic E-state index is 13.1. The molecule has 0 bridgehead atoms. The number of anilines is 1. The van der Waals surface area contributed by atoms with E-state index in [1.807, 2.05) is 32.0 Å². The van der Waals surface area contributed by atoms with Crippen molar-refractivity contribution in [3.8, 4) is 5.88 Å². The van der Waals surface area contributed by atoms with Gasteiger partial charge in [0.2, 0.25) is 5.88 Å². The highest BCUT2D eigenvalue weighted by Gasteiger charge is 2.30. The van der Waals surface area contributed by atoms with Crippen molar-refractivity contribution in [1.82, 2.24) is 19.5 Å². The first-order valence-corrected chi connectivity index (χ1v) is 12.5. The lowest BCUT2D eigenvalue weighted by Crippen LogP contribution is -2.34. The molecule has 9 nitrogen and oxygen atoms in total. The molecule has 0 radical (unpaired) electrons. The van der Waals surface area contributed by atoms with Crippen LogP contribution in [0.25, 0.3) is 11.7 Å². The molecular weight excluding hydrogens is 514 g/mol. The van der Waals surface area contributed by atoms with Gasteiger partial charge < -0.3 is 15.3 Å². The molecule has 2 aliphatic rings. The second-order valence-electron chi connectivity index (χ2n) is 9.44. The average Bonchev–Trinajstić information content (AvgIpc) is 3.35. The molecule has 2 aromatic heterocycles. The van der Waals surface area contributed by atoms with Crippen LogP contribution in [-0.2, 0) is 17.8 Å². The van der Waals surface area contributed by atoms with Crippen molar-refractivity contribution in [1.29, 1.82) is 0 Å². The highest BCUT2D eigenvalue weighted by molar-refractivity contribution is 9.10. The van der Waals surface area contributed by atoms with Gasteiger partial charge in [-0.05, 0) is 55.0 Å². The predicted octanol–water partition coefficient (Wildman–Crippen LogP) is 3.11. The number of aromatic nitrogens is 3. The van der Waals surface area contributed by atoms with Crippen molar-refractivity contribution < 1.29 is 14.7 Å². The van der Waals surface area contributed by atoms with Crippen LogP contribution in [0.4, 0.5) is 5.69 Å². The monoisotopic (exact) mass is 539 g/mol. The topological polar surface area (TPSA) is 109 Å². The quantitative estimate of drug-likeness (QED) is 0.468. The van der Waals surface area contributed by atoms with E-state index in [4.69, 9.17) is 0 Å². The number of nitrogens with zero attached hydrogens (tertiary/aromatic N) is 4. The lowest BCUT2D eigenvalue weighted by molar-refractivity contribution is -0.114. The van der Waals surface area contributed by atoms with Crippen LogP contribution in [-0.4, -0.2) is 43.7 Å². The molecule has 1 aliphatic heterocycles. The van der Waals surface area contributed by atoms with Crippen LogP contribution in [0.2, 0.25) is 0 Å². The van der Waals surface area contributed by atoms with E-state index < -0.39 is 17.3 Å². The molecule has 2 amide bonds. The Morgan fingerprint density at radius 2 is 2.09 bits per heavy atom. The fourth-order valence-electron chi connectivity index (χ4n) is 4.40. The Bertz CT molecular complexity index is 1430. The predicted molar refractivity (Wildman–Crippen MR) is 136 cm³/mol. The number of hydrogen-bond acceptors (Lipinski definition) is 5. The number of rotatable bonds is 6. The molecule has 10 heteroatoms. The summed E-state index contributed by atoms with van der Waals surface area (Å²) in [5, 5.41) is 18.0. The smallest absolute Gasteiger partial charge is 0.291 e. The van der Waals surface area contributed by atoms with Crippen LogP contribution in [0.15, 0.2) is 39.7 Å². The summed E-state index contributed by atoms with van der Waals surface area (Å²) in [5.41, 5.74) is 1.79. The van der Waals surface area contributed by atoms with E-state index in [-0.39, 0.29) is 23.4 Å². The number of benzene rings is 1. The van der Waals surface area contributed by atoms with E-state index in [1.54, 1.807) is 11.0 Å². The number of halogens is 1. The molecule has 0 spiro atoms. The number of aromatic hydroxyl groups is 1. The van der Waals surface area contributed by atoms with Gasteiger partial charge >= 0.3 is 0 Å². The number of carbonyl (C=O) groups excluding carboxylic acids is 2. The van der Waals surface area contributed by atoms with Crippen LogP contribution >= 0.6 is 15.9 Å². The van der Waals surface area contributed by atoms with E-state index in [9.17, 15) is 19.5 Å². The third-order valence-corrected chi connectivity index (χ3v) is 6.70. The number of nitrogens with one attached hydrogen (secondary N) is 1. The summed E-state index contributed by atoms with van der Waals surface area (Å²) >= 11 is 3.47. The Morgan fingerprint density at radius 3 is 2.80 bits per heavy atom. The molecule has 1 fully saturated rings. The minimum Gasteiger partial charge on any atom is -0.494 e. The molecule has 3 heterocycles. The lowest BCUT2D eigenvalue weighted by atomic mass is 10.2. The van der Waals surface area contributed by atoms with Gasteiger partial charge in [0.15, 0.2) is 5.56 Å². The molecule has 1 saturated carbocycles. The standard InChI is InChI=1S/C25H26BrN5O4/c1-14(2)13-30-23-16(3-8-20(32)29-10-9-15-11-17(26)4-7-19(15)29)12-27-31(23)25(35)21(24(30)34)22(33)28-18-5-6-18/h3-4,7-8,11-12,14,18,34H,5-6,9-10,13H2,1-2H3,(H,28,33). The molecule has 1 aliphatic carbocycles. The van der Waals surface area contributed by atoms with Gasteiger partial charge in [-0.3, -0.25) is 19.0 Å². The van der Waals surface area contributed by atoms with Gasteiger partial charge in [-0.15, -0.1) is 0 Å². The molecule has 0 saturated heterocycles. The maximum Gasteiger partial charge on any atom is 0.291 e. The molecule has 5 rings (SSSR count). The van der Waals surface area contributed by atoms with Crippen molar-refractivity contribution >= 4 is 45.2 Å². The Kier molecular flexibility index (Phi) is 6.00. The maximum atomic E-state index is 13.1. The normalized spacial score (nSPS) is 15.4. The van der Waals surface area contributed by atoms with Gasteiger partial charge in [-0.25, -0.2) is 0 Å². The van der Waals surface area contributed by atoms with E-state index >= 15 is 0 Å². The molecule has 182 valence electrons. The minimum atomic E-state index is -0.694. The first-order valence-electron chi connectivity index (χ1n) is 11.7. The van der Waals surface area contributed by atoms with Crippen LogP contribution in [0.1, 0.15) is 48.2 Å². The fourth-order valence-corrected chi connectivity index (χ4v) is 4.81. The minimum absolute atomic E-state index is 0.0366. The number of amides is 2.